The first-order valence-corrected chi connectivity index (χ1v) is 7.08. The van der Waals surface area contributed by atoms with Crippen LogP contribution in [0, 0.1) is 13.8 Å². The Morgan fingerprint density at radius 2 is 1.73 bits per heavy atom. The average Bonchev–Trinajstić information content (AvgIpc) is 2.71. The van der Waals surface area contributed by atoms with Gasteiger partial charge >= 0.3 is 0 Å². The SMILES string of the molecule is Cc1cc2c3ccccc3n(CCN(C)C)c2c(C)n1.Cl.Cl. The molecule has 0 atom stereocenters. The topological polar surface area (TPSA) is 21.1 Å². The van der Waals surface area contributed by atoms with Crippen LogP contribution in [0.4, 0.5) is 0 Å². The smallest absolute Gasteiger partial charge is 0.0708 e. The van der Waals surface area contributed by atoms with E-state index in [2.05, 4.69) is 72.7 Å². The van der Waals surface area contributed by atoms with Gasteiger partial charge in [-0.1, -0.05) is 18.2 Å². The van der Waals surface area contributed by atoms with E-state index < -0.39 is 0 Å². The molecular weight excluding hydrogens is 317 g/mol. The van der Waals surface area contributed by atoms with Gasteiger partial charge in [-0.25, -0.2) is 0 Å². The highest BCUT2D eigenvalue weighted by atomic mass is 35.5. The monoisotopic (exact) mass is 339 g/mol. The number of pyridine rings is 1. The minimum Gasteiger partial charge on any atom is -0.338 e. The van der Waals surface area contributed by atoms with Gasteiger partial charge in [-0.3, -0.25) is 4.98 Å². The summed E-state index contributed by atoms with van der Waals surface area (Å²) in [6.45, 7) is 6.20. The number of nitrogens with zero attached hydrogens (tertiary/aromatic N) is 3. The molecule has 0 fully saturated rings. The van der Waals surface area contributed by atoms with Crippen molar-refractivity contribution in [3.63, 3.8) is 0 Å². The largest absolute Gasteiger partial charge is 0.338 e. The minimum atomic E-state index is 0. The first-order valence-electron chi connectivity index (χ1n) is 7.08. The number of para-hydroxylation sites is 1. The zero-order valence-electron chi connectivity index (χ0n) is 13.5. The Labute approximate surface area is 144 Å². The van der Waals surface area contributed by atoms with Crippen LogP contribution < -0.4 is 0 Å². The fourth-order valence-electron chi connectivity index (χ4n) is 2.96. The van der Waals surface area contributed by atoms with Gasteiger partial charge in [-0.15, -0.1) is 24.8 Å². The van der Waals surface area contributed by atoms with E-state index in [9.17, 15) is 0 Å². The van der Waals surface area contributed by atoms with Crippen molar-refractivity contribution in [1.82, 2.24) is 14.5 Å². The summed E-state index contributed by atoms with van der Waals surface area (Å²) in [7, 11) is 4.23. The molecule has 0 radical (unpaired) electrons. The van der Waals surface area contributed by atoms with E-state index in [4.69, 9.17) is 0 Å². The van der Waals surface area contributed by atoms with Crippen LogP contribution >= 0.6 is 24.8 Å². The highest BCUT2D eigenvalue weighted by molar-refractivity contribution is 6.08. The van der Waals surface area contributed by atoms with Crippen molar-refractivity contribution in [2.75, 3.05) is 20.6 Å². The molecule has 22 heavy (non-hydrogen) atoms. The molecule has 2 aromatic heterocycles. The van der Waals surface area contributed by atoms with Gasteiger partial charge in [-0.2, -0.15) is 0 Å². The molecular formula is C17H23Cl2N3. The van der Waals surface area contributed by atoms with Crippen LogP contribution in [0.15, 0.2) is 30.3 Å². The molecule has 3 rings (SSSR count). The molecule has 3 aromatic rings. The van der Waals surface area contributed by atoms with Crippen molar-refractivity contribution < 1.29 is 0 Å². The first-order chi connectivity index (χ1) is 9.58. The Balaban J connectivity index is 0.00000121. The number of likely N-dealkylation sites (N-methyl/N-ethyl adjacent to an activating group) is 1. The fraction of sp³-hybridized carbons (Fsp3) is 0.353. The van der Waals surface area contributed by atoms with Crippen LogP contribution in [0.2, 0.25) is 0 Å². The van der Waals surface area contributed by atoms with Gasteiger partial charge in [0.25, 0.3) is 0 Å². The van der Waals surface area contributed by atoms with Gasteiger partial charge in [-0.05, 0) is 40.1 Å². The third-order valence-corrected chi connectivity index (χ3v) is 3.82. The predicted molar refractivity (Wildman–Crippen MR) is 99.8 cm³/mol. The summed E-state index contributed by atoms with van der Waals surface area (Å²) in [5.74, 6) is 0. The van der Waals surface area contributed by atoms with Gasteiger partial charge < -0.3 is 9.47 Å². The molecule has 0 N–H and O–H groups in total. The molecule has 0 aliphatic rings. The van der Waals surface area contributed by atoms with Crippen molar-refractivity contribution in [3.8, 4) is 0 Å². The minimum absolute atomic E-state index is 0. The number of aryl methyl sites for hydroxylation is 2. The summed E-state index contributed by atoms with van der Waals surface area (Å²) >= 11 is 0. The second-order valence-electron chi connectivity index (χ2n) is 5.72. The quantitative estimate of drug-likeness (QED) is 0.712. The number of aromatic nitrogens is 2. The summed E-state index contributed by atoms with van der Waals surface area (Å²) in [5.41, 5.74) is 4.79. The van der Waals surface area contributed by atoms with E-state index in [-0.39, 0.29) is 24.8 Å². The molecule has 0 aliphatic heterocycles. The van der Waals surface area contributed by atoms with Gasteiger partial charge in [0, 0.05) is 35.1 Å². The number of benzene rings is 1. The lowest BCUT2D eigenvalue weighted by Gasteiger charge is -2.13. The molecule has 5 heteroatoms. The van der Waals surface area contributed by atoms with E-state index in [1.165, 1.54) is 21.8 Å². The second-order valence-corrected chi connectivity index (χ2v) is 5.72. The Morgan fingerprint density at radius 3 is 2.41 bits per heavy atom. The molecule has 0 unspecified atom stereocenters. The Morgan fingerprint density at radius 1 is 1.05 bits per heavy atom. The third kappa shape index (κ3) is 3.22. The standard InChI is InChI=1S/C17H21N3.2ClH/c1-12-11-15-14-7-5-6-8-16(14)20(10-9-19(3)4)17(15)13(2)18-12;;/h5-8,11H,9-10H2,1-4H3;2*1H. The van der Waals surface area contributed by atoms with Crippen molar-refractivity contribution in [1.29, 1.82) is 0 Å². The Hall–Kier alpha value is -1.29. The Bertz CT molecular complexity index is 778. The van der Waals surface area contributed by atoms with E-state index in [0.717, 1.165) is 24.5 Å². The van der Waals surface area contributed by atoms with Crippen LogP contribution in [0.1, 0.15) is 11.4 Å². The lowest BCUT2D eigenvalue weighted by molar-refractivity contribution is 0.389. The highest BCUT2D eigenvalue weighted by Gasteiger charge is 2.13. The van der Waals surface area contributed by atoms with E-state index >= 15 is 0 Å². The number of halogens is 2. The van der Waals surface area contributed by atoms with Crippen LogP contribution in [-0.4, -0.2) is 35.1 Å². The molecule has 1 aromatic carbocycles. The predicted octanol–water partition coefficient (Wildman–Crippen LogP) is 4.21. The highest BCUT2D eigenvalue weighted by Crippen LogP contribution is 2.30. The van der Waals surface area contributed by atoms with Crippen LogP contribution in [0.5, 0.6) is 0 Å². The molecule has 0 spiro atoms. The van der Waals surface area contributed by atoms with Gasteiger partial charge in [0.2, 0.25) is 0 Å². The van der Waals surface area contributed by atoms with E-state index in [0.29, 0.717) is 0 Å². The second kappa shape index (κ2) is 7.32. The van der Waals surface area contributed by atoms with Crippen molar-refractivity contribution in [2.24, 2.45) is 0 Å². The lowest BCUT2D eigenvalue weighted by atomic mass is 10.1. The van der Waals surface area contributed by atoms with Crippen LogP contribution in [-0.2, 0) is 6.54 Å². The summed E-state index contributed by atoms with van der Waals surface area (Å²) in [5, 5.41) is 2.65. The maximum Gasteiger partial charge on any atom is 0.0708 e. The molecule has 0 saturated heterocycles. The zero-order valence-corrected chi connectivity index (χ0v) is 15.1. The zero-order chi connectivity index (χ0) is 14.3. The molecule has 120 valence electrons. The van der Waals surface area contributed by atoms with Gasteiger partial charge in [0.05, 0.1) is 11.2 Å². The fourth-order valence-corrected chi connectivity index (χ4v) is 2.96. The number of hydrogen-bond acceptors (Lipinski definition) is 2. The third-order valence-electron chi connectivity index (χ3n) is 3.82. The summed E-state index contributed by atoms with van der Waals surface area (Å²) in [6, 6.07) is 10.9. The summed E-state index contributed by atoms with van der Waals surface area (Å²) in [6.07, 6.45) is 0. The molecule has 0 saturated carbocycles. The van der Waals surface area contributed by atoms with E-state index in [1.54, 1.807) is 0 Å². The molecule has 2 heterocycles. The maximum atomic E-state index is 4.65. The number of rotatable bonds is 3. The average molecular weight is 340 g/mol. The molecule has 0 aliphatic carbocycles. The lowest BCUT2D eigenvalue weighted by Crippen LogP contribution is -2.18. The van der Waals surface area contributed by atoms with Gasteiger partial charge in [0.1, 0.15) is 0 Å². The van der Waals surface area contributed by atoms with Crippen LogP contribution in [0.3, 0.4) is 0 Å². The van der Waals surface area contributed by atoms with Crippen molar-refractivity contribution >= 4 is 46.6 Å². The van der Waals surface area contributed by atoms with Crippen molar-refractivity contribution in [3.05, 3.63) is 41.7 Å². The van der Waals surface area contributed by atoms with Gasteiger partial charge in [0.15, 0.2) is 0 Å². The van der Waals surface area contributed by atoms with Crippen LogP contribution in [0.25, 0.3) is 21.8 Å². The van der Waals surface area contributed by atoms with Crippen molar-refractivity contribution in [2.45, 2.75) is 20.4 Å². The van der Waals surface area contributed by atoms with E-state index in [1.807, 2.05) is 0 Å². The first kappa shape index (κ1) is 18.8. The molecule has 3 nitrogen and oxygen atoms in total. The molecule has 0 amide bonds. The summed E-state index contributed by atoms with van der Waals surface area (Å²) in [4.78, 5) is 6.87. The number of hydrogen-bond donors (Lipinski definition) is 0. The molecule has 0 bridgehead atoms. The normalized spacial score (nSPS) is 10.8. The Kier molecular flexibility index (Phi) is 6.24. The number of fused-ring (bicyclic) bond motifs is 3. The maximum absolute atomic E-state index is 4.65. The summed E-state index contributed by atoms with van der Waals surface area (Å²) < 4.78 is 2.41.